The number of halogens is 1. The number of hydrogen-bond donors (Lipinski definition) is 3. The Morgan fingerprint density at radius 2 is 2.27 bits per heavy atom. The van der Waals surface area contributed by atoms with Gasteiger partial charge in [-0.1, -0.05) is 0 Å². The minimum absolute atomic E-state index is 0. The predicted molar refractivity (Wildman–Crippen MR) is 90.0 cm³/mol. The molecule has 0 spiro atoms. The van der Waals surface area contributed by atoms with E-state index in [0.29, 0.717) is 12.0 Å². The van der Waals surface area contributed by atoms with E-state index in [9.17, 15) is 0 Å². The normalized spacial score (nSPS) is 17.1. The van der Waals surface area contributed by atoms with Crippen molar-refractivity contribution in [3.8, 4) is 0 Å². The number of aryl methyl sites for hydroxylation is 2. The third kappa shape index (κ3) is 4.08. The van der Waals surface area contributed by atoms with E-state index in [-0.39, 0.29) is 12.4 Å². The molecule has 0 amide bonds. The smallest absolute Gasteiger partial charge is 0.229 e. The van der Waals surface area contributed by atoms with Crippen LogP contribution in [-0.4, -0.2) is 38.9 Å². The van der Waals surface area contributed by atoms with Crippen molar-refractivity contribution in [3.63, 3.8) is 0 Å². The molecule has 0 bridgehead atoms. The van der Waals surface area contributed by atoms with E-state index in [1.807, 2.05) is 26.4 Å². The summed E-state index contributed by atoms with van der Waals surface area (Å²) in [7, 11) is 1.88. The van der Waals surface area contributed by atoms with Crippen LogP contribution in [0.3, 0.4) is 0 Å². The fourth-order valence-corrected chi connectivity index (χ4v) is 2.45. The van der Waals surface area contributed by atoms with Gasteiger partial charge in [-0.05, 0) is 26.3 Å². The number of aromatic nitrogens is 4. The summed E-state index contributed by atoms with van der Waals surface area (Å²) >= 11 is 0. The highest BCUT2D eigenvalue weighted by atomic mass is 35.5. The van der Waals surface area contributed by atoms with Gasteiger partial charge in [0.05, 0.1) is 11.9 Å². The summed E-state index contributed by atoms with van der Waals surface area (Å²) in [5, 5.41) is 14.2. The largest absolute Gasteiger partial charge is 0.368 e. The predicted octanol–water partition coefficient (Wildman–Crippen LogP) is 1.85. The van der Waals surface area contributed by atoms with Crippen LogP contribution in [0.2, 0.25) is 0 Å². The molecule has 0 aliphatic carbocycles. The second-order valence-corrected chi connectivity index (χ2v) is 5.43. The van der Waals surface area contributed by atoms with Crippen LogP contribution in [0, 0.1) is 6.92 Å². The van der Waals surface area contributed by atoms with E-state index < -0.39 is 0 Å². The minimum Gasteiger partial charge on any atom is -0.368 e. The molecule has 1 fully saturated rings. The molecule has 2 aromatic heterocycles. The van der Waals surface area contributed by atoms with E-state index in [4.69, 9.17) is 0 Å². The molecule has 3 rings (SSSR count). The first-order valence-electron chi connectivity index (χ1n) is 7.27. The number of nitrogens with one attached hydrogen (secondary N) is 3. The zero-order valence-electron chi connectivity index (χ0n) is 12.8. The zero-order valence-corrected chi connectivity index (χ0v) is 13.7. The number of hydrogen-bond acceptors (Lipinski definition) is 6. The summed E-state index contributed by atoms with van der Waals surface area (Å²) in [6, 6.07) is 0.536. The highest BCUT2D eigenvalue weighted by Crippen LogP contribution is 2.17. The second kappa shape index (κ2) is 7.42. The van der Waals surface area contributed by atoms with Gasteiger partial charge in [-0.25, -0.2) is 4.98 Å². The molecule has 0 unspecified atom stereocenters. The van der Waals surface area contributed by atoms with E-state index in [0.717, 1.165) is 30.2 Å². The van der Waals surface area contributed by atoms with Crippen molar-refractivity contribution in [1.29, 1.82) is 0 Å². The molecule has 0 aromatic carbocycles. The SMILES string of the molecule is Cc1cnc(Nc2cnn(C)c2)nc1NC[C@H]1CCCN1.Cl. The Hall–Kier alpha value is -1.86. The molecule has 120 valence electrons. The molecule has 8 heteroatoms. The Morgan fingerprint density at radius 3 is 2.95 bits per heavy atom. The molecule has 3 heterocycles. The van der Waals surface area contributed by atoms with Gasteiger partial charge < -0.3 is 16.0 Å². The molecule has 2 aromatic rings. The summed E-state index contributed by atoms with van der Waals surface area (Å²) < 4.78 is 1.74. The van der Waals surface area contributed by atoms with E-state index in [2.05, 4.69) is 31.0 Å². The van der Waals surface area contributed by atoms with Crippen LogP contribution in [0.1, 0.15) is 18.4 Å². The van der Waals surface area contributed by atoms with E-state index in [1.165, 1.54) is 12.8 Å². The summed E-state index contributed by atoms with van der Waals surface area (Å²) in [5.41, 5.74) is 1.93. The van der Waals surface area contributed by atoms with Crippen molar-refractivity contribution in [3.05, 3.63) is 24.2 Å². The number of rotatable bonds is 5. The van der Waals surface area contributed by atoms with Gasteiger partial charge in [0, 0.05) is 37.6 Å². The van der Waals surface area contributed by atoms with Crippen molar-refractivity contribution >= 4 is 29.9 Å². The third-order valence-electron chi connectivity index (χ3n) is 3.61. The van der Waals surface area contributed by atoms with Crippen LogP contribution in [0.4, 0.5) is 17.5 Å². The van der Waals surface area contributed by atoms with Gasteiger partial charge in [0.1, 0.15) is 5.82 Å². The van der Waals surface area contributed by atoms with Gasteiger partial charge in [0.25, 0.3) is 0 Å². The molecular weight excluding hydrogens is 302 g/mol. The lowest BCUT2D eigenvalue weighted by Crippen LogP contribution is -2.29. The van der Waals surface area contributed by atoms with E-state index >= 15 is 0 Å². The van der Waals surface area contributed by atoms with Crippen LogP contribution in [0.15, 0.2) is 18.6 Å². The zero-order chi connectivity index (χ0) is 14.7. The first-order chi connectivity index (χ1) is 10.2. The lowest BCUT2D eigenvalue weighted by molar-refractivity contribution is 0.632. The molecule has 1 aliphatic heterocycles. The maximum absolute atomic E-state index is 4.54. The van der Waals surface area contributed by atoms with Crippen molar-refractivity contribution in [2.75, 3.05) is 23.7 Å². The average molecular weight is 324 g/mol. The summed E-state index contributed by atoms with van der Waals surface area (Å²) in [6.07, 6.45) is 7.94. The monoisotopic (exact) mass is 323 g/mol. The lowest BCUT2D eigenvalue weighted by Gasteiger charge is -2.14. The highest BCUT2D eigenvalue weighted by Gasteiger charge is 2.14. The van der Waals surface area contributed by atoms with Crippen molar-refractivity contribution in [1.82, 2.24) is 25.1 Å². The van der Waals surface area contributed by atoms with Crippen LogP contribution in [0.5, 0.6) is 0 Å². The van der Waals surface area contributed by atoms with E-state index in [1.54, 1.807) is 10.9 Å². The van der Waals surface area contributed by atoms with Crippen LogP contribution < -0.4 is 16.0 Å². The summed E-state index contributed by atoms with van der Waals surface area (Å²) in [4.78, 5) is 8.85. The summed E-state index contributed by atoms with van der Waals surface area (Å²) in [6.45, 7) is 4.02. The van der Waals surface area contributed by atoms with Crippen molar-refractivity contribution in [2.45, 2.75) is 25.8 Å². The standard InChI is InChI=1S/C14H21N7.ClH/c1-10-6-17-14(19-12-8-18-21(2)9-12)20-13(10)16-7-11-4-3-5-15-11;/h6,8-9,11,15H,3-5,7H2,1-2H3,(H2,16,17,19,20);1H/t11-;/m1./s1. The first-order valence-corrected chi connectivity index (χ1v) is 7.27. The molecule has 0 saturated carbocycles. The maximum atomic E-state index is 4.54. The molecule has 7 nitrogen and oxygen atoms in total. The van der Waals surface area contributed by atoms with Gasteiger partial charge >= 0.3 is 0 Å². The molecular formula is C14H22ClN7. The topological polar surface area (TPSA) is 79.7 Å². The summed E-state index contributed by atoms with van der Waals surface area (Å²) in [5.74, 6) is 1.46. The van der Waals surface area contributed by atoms with Gasteiger partial charge in [0.15, 0.2) is 0 Å². The molecule has 3 N–H and O–H groups in total. The average Bonchev–Trinajstić information content (AvgIpc) is 3.11. The molecule has 1 aliphatic rings. The number of nitrogens with zero attached hydrogens (tertiary/aromatic N) is 4. The third-order valence-corrected chi connectivity index (χ3v) is 3.61. The minimum atomic E-state index is 0. The van der Waals surface area contributed by atoms with Crippen LogP contribution in [-0.2, 0) is 7.05 Å². The molecule has 0 radical (unpaired) electrons. The fraction of sp³-hybridized carbons (Fsp3) is 0.500. The van der Waals surface area contributed by atoms with Crippen LogP contribution >= 0.6 is 12.4 Å². The van der Waals surface area contributed by atoms with Crippen molar-refractivity contribution in [2.24, 2.45) is 7.05 Å². The Balaban J connectivity index is 0.00000176. The second-order valence-electron chi connectivity index (χ2n) is 5.43. The Bertz CT molecular complexity index is 607. The fourth-order valence-electron chi connectivity index (χ4n) is 2.45. The van der Waals surface area contributed by atoms with Gasteiger partial charge in [-0.3, -0.25) is 4.68 Å². The molecule has 22 heavy (non-hydrogen) atoms. The number of anilines is 3. The molecule has 1 saturated heterocycles. The quantitative estimate of drug-likeness (QED) is 0.779. The van der Waals surface area contributed by atoms with Crippen LogP contribution in [0.25, 0.3) is 0 Å². The molecule has 1 atom stereocenters. The first kappa shape index (κ1) is 16.5. The highest BCUT2D eigenvalue weighted by molar-refractivity contribution is 5.85. The maximum Gasteiger partial charge on any atom is 0.229 e. The Kier molecular flexibility index (Phi) is 5.57. The Morgan fingerprint density at radius 1 is 1.41 bits per heavy atom. The van der Waals surface area contributed by atoms with Gasteiger partial charge in [-0.2, -0.15) is 10.1 Å². The lowest BCUT2D eigenvalue weighted by atomic mass is 10.2. The van der Waals surface area contributed by atoms with Gasteiger partial charge in [-0.15, -0.1) is 12.4 Å². The van der Waals surface area contributed by atoms with Crippen molar-refractivity contribution < 1.29 is 0 Å². The Labute approximate surface area is 136 Å². The van der Waals surface area contributed by atoms with Gasteiger partial charge in [0.2, 0.25) is 5.95 Å².